The van der Waals surface area contributed by atoms with E-state index in [4.69, 9.17) is 9.47 Å². The Balaban J connectivity index is 1.32. The summed E-state index contributed by atoms with van der Waals surface area (Å²) in [5.74, 6) is -0.966. The van der Waals surface area contributed by atoms with Crippen molar-refractivity contribution in [2.24, 2.45) is 0 Å². The predicted molar refractivity (Wildman–Crippen MR) is 179 cm³/mol. The minimum atomic E-state index is -4.95. The molecule has 4 aromatic rings. The number of fused-ring (bicyclic) bond motifs is 3. The predicted octanol–water partition coefficient (Wildman–Crippen LogP) is 7.61. The molecular formula is C39H34F3NO6S. The average molecular weight is 702 g/mol. The van der Waals surface area contributed by atoms with Gasteiger partial charge in [-0.2, -0.15) is 0 Å². The number of nitrogens with zero attached hydrogens (tertiary/aromatic N) is 1. The standard InChI is InChI=1S/C39H34F3NO6S/c40-39(41,42)48-29-18-19-34(47-28-16-17-28)31(22-29)32-23-37(49-36(32)44)21-20-33-35(50(45,46)30-14-8-3-9-15-30)24-38(37,27-12-6-2-7-13-27)43(33)25-26-10-4-1-5-11-26/h1-15,18-19,22-23,28,33,35H,16-17,20-21,24-25H2. The lowest BCUT2D eigenvalue weighted by Crippen LogP contribution is -2.63. The maximum atomic E-state index is 14.5. The molecule has 3 fully saturated rings. The Hall–Kier alpha value is -4.61. The third-order valence-electron chi connectivity index (χ3n) is 10.4. The highest BCUT2D eigenvalue weighted by atomic mass is 32.2. The molecule has 0 aromatic heterocycles. The molecule has 3 aliphatic heterocycles. The van der Waals surface area contributed by atoms with E-state index in [-0.39, 0.29) is 34.3 Å². The molecule has 4 aliphatic rings. The lowest BCUT2D eigenvalue weighted by atomic mass is 9.68. The number of halogens is 3. The van der Waals surface area contributed by atoms with Gasteiger partial charge in [0.1, 0.15) is 11.5 Å². The summed E-state index contributed by atoms with van der Waals surface area (Å²) in [6.45, 7) is 0.370. The van der Waals surface area contributed by atoms with Crippen LogP contribution in [-0.4, -0.2) is 48.6 Å². The van der Waals surface area contributed by atoms with Crippen LogP contribution in [0.25, 0.3) is 5.57 Å². The molecule has 8 rings (SSSR count). The van der Waals surface area contributed by atoms with E-state index < -0.39 is 50.4 Å². The molecule has 0 radical (unpaired) electrons. The number of sulfone groups is 1. The Kier molecular flexibility index (Phi) is 7.83. The molecule has 0 amide bonds. The van der Waals surface area contributed by atoms with E-state index in [9.17, 15) is 26.4 Å². The summed E-state index contributed by atoms with van der Waals surface area (Å²) in [5, 5.41) is -0.846. The van der Waals surface area contributed by atoms with Gasteiger partial charge in [0.15, 0.2) is 15.4 Å². The van der Waals surface area contributed by atoms with Crippen molar-refractivity contribution in [3.8, 4) is 11.5 Å². The Morgan fingerprint density at radius 2 is 1.52 bits per heavy atom. The fourth-order valence-corrected chi connectivity index (χ4v) is 10.2. The Bertz CT molecular complexity index is 2050. The third-order valence-corrected chi connectivity index (χ3v) is 12.6. The van der Waals surface area contributed by atoms with Crippen molar-refractivity contribution in [2.45, 2.75) is 78.4 Å². The molecule has 4 atom stereocenters. The normalized spacial score (nSPS) is 26.5. The van der Waals surface area contributed by atoms with Crippen molar-refractivity contribution in [3.05, 3.63) is 132 Å². The van der Waals surface area contributed by atoms with Gasteiger partial charge in [-0.25, -0.2) is 13.2 Å². The van der Waals surface area contributed by atoms with Crippen LogP contribution in [0.5, 0.6) is 11.5 Å². The van der Waals surface area contributed by atoms with Gasteiger partial charge in [0, 0.05) is 18.2 Å². The van der Waals surface area contributed by atoms with Gasteiger partial charge in [-0.1, -0.05) is 78.9 Å². The Morgan fingerprint density at radius 1 is 0.860 bits per heavy atom. The summed E-state index contributed by atoms with van der Waals surface area (Å²) in [6.07, 6.45) is -0.967. The number of ether oxygens (including phenoxy) is 3. The molecular weight excluding hydrogens is 667 g/mol. The second-order valence-corrected chi connectivity index (χ2v) is 15.6. The Labute approximate surface area is 288 Å². The van der Waals surface area contributed by atoms with E-state index >= 15 is 0 Å². The number of alkyl halides is 3. The molecule has 50 heavy (non-hydrogen) atoms. The summed E-state index contributed by atoms with van der Waals surface area (Å²) in [5.41, 5.74) is -0.610. The summed E-state index contributed by atoms with van der Waals surface area (Å²) in [4.78, 5) is 16.6. The van der Waals surface area contributed by atoms with Crippen LogP contribution in [0.3, 0.4) is 0 Å². The summed E-state index contributed by atoms with van der Waals surface area (Å²) in [7, 11) is -3.87. The van der Waals surface area contributed by atoms with E-state index in [0.717, 1.165) is 30.0 Å². The van der Waals surface area contributed by atoms with Crippen LogP contribution in [0, 0.1) is 0 Å². The number of rotatable bonds is 9. The Morgan fingerprint density at radius 3 is 2.18 bits per heavy atom. The molecule has 4 aromatic carbocycles. The lowest BCUT2D eigenvalue weighted by molar-refractivity contribution is -0.274. The van der Waals surface area contributed by atoms with Crippen LogP contribution in [0.1, 0.15) is 48.8 Å². The molecule has 11 heteroatoms. The van der Waals surface area contributed by atoms with Crippen molar-refractivity contribution in [1.82, 2.24) is 4.90 Å². The molecule has 3 heterocycles. The zero-order chi connectivity index (χ0) is 34.7. The first-order valence-electron chi connectivity index (χ1n) is 16.7. The van der Waals surface area contributed by atoms with Crippen molar-refractivity contribution in [1.29, 1.82) is 0 Å². The summed E-state index contributed by atoms with van der Waals surface area (Å²) in [6, 6.07) is 30.9. The fraction of sp³-hybridized carbons (Fsp3) is 0.308. The molecule has 1 saturated carbocycles. The molecule has 258 valence electrons. The van der Waals surface area contributed by atoms with Gasteiger partial charge in [0.2, 0.25) is 0 Å². The summed E-state index contributed by atoms with van der Waals surface area (Å²) < 4.78 is 85.9. The van der Waals surface area contributed by atoms with Gasteiger partial charge in [-0.05, 0) is 79.6 Å². The van der Waals surface area contributed by atoms with E-state index in [0.29, 0.717) is 19.4 Å². The first-order valence-corrected chi connectivity index (χ1v) is 18.2. The van der Waals surface area contributed by atoms with Crippen LogP contribution < -0.4 is 9.47 Å². The average Bonchev–Trinajstić information content (AvgIpc) is 3.80. The third kappa shape index (κ3) is 5.56. The molecule has 2 saturated heterocycles. The highest BCUT2D eigenvalue weighted by Crippen LogP contribution is 2.62. The first-order chi connectivity index (χ1) is 24.0. The van der Waals surface area contributed by atoms with Crippen LogP contribution in [0.15, 0.2) is 120 Å². The minimum Gasteiger partial charge on any atom is -0.490 e. The van der Waals surface area contributed by atoms with E-state index in [1.54, 1.807) is 36.4 Å². The zero-order valence-corrected chi connectivity index (χ0v) is 27.7. The SMILES string of the molecule is O=C1OC2(C=C1c1cc(OC(F)(F)F)ccc1OC1CC1)CCC1C(S(=O)(=O)c3ccccc3)CC2(c2ccccc2)N1Cc1ccccc1. The molecule has 7 nitrogen and oxygen atoms in total. The van der Waals surface area contributed by atoms with Crippen molar-refractivity contribution >= 4 is 21.4 Å². The van der Waals surface area contributed by atoms with Crippen molar-refractivity contribution in [2.75, 3.05) is 0 Å². The minimum absolute atomic E-state index is 0.0519. The number of esters is 1. The molecule has 4 unspecified atom stereocenters. The molecule has 0 N–H and O–H groups in total. The fourth-order valence-electron chi connectivity index (χ4n) is 8.17. The van der Waals surface area contributed by atoms with Gasteiger partial charge >= 0.3 is 12.3 Å². The van der Waals surface area contributed by atoms with Gasteiger partial charge < -0.3 is 14.2 Å². The number of hydrogen-bond acceptors (Lipinski definition) is 7. The van der Waals surface area contributed by atoms with Crippen molar-refractivity contribution < 1.29 is 40.6 Å². The highest BCUT2D eigenvalue weighted by Gasteiger charge is 2.70. The van der Waals surface area contributed by atoms with Gasteiger partial charge in [0.05, 0.1) is 27.4 Å². The van der Waals surface area contributed by atoms with Crippen LogP contribution in [0.4, 0.5) is 13.2 Å². The molecule has 1 spiro atoms. The maximum absolute atomic E-state index is 14.5. The molecule has 1 aliphatic carbocycles. The zero-order valence-electron chi connectivity index (χ0n) is 26.9. The largest absolute Gasteiger partial charge is 0.573 e. The van der Waals surface area contributed by atoms with Gasteiger partial charge in [-0.15, -0.1) is 13.2 Å². The number of hydrogen-bond donors (Lipinski definition) is 0. The number of carbonyl (C=O) groups is 1. The monoisotopic (exact) mass is 701 g/mol. The first kappa shape index (κ1) is 32.6. The smallest absolute Gasteiger partial charge is 0.490 e. The number of piperidine rings is 1. The quantitative estimate of drug-likeness (QED) is 0.166. The lowest BCUT2D eigenvalue weighted by Gasteiger charge is -2.54. The van der Waals surface area contributed by atoms with E-state index in [1.165, 1.54) is 12.1 Å². The van der Waals surface area contributed by atoms with Crippen LogP contribution in [0.2, 0.25) is 0 Å². The van der Waals surface area contributed by atoms with E-state index in [2.05, 4.69) is 9.64 Å². The topological polar surface area (TPSA) is 82.1 Å². The number of carbonyl (C=O) groups excluding carboxylic acids is 1. The second-order valence-electron chi connectivity index (χ2n) is 13.4. The van der Waals surface area contributed by atoms with Gasteiger partial charge in [0.25, 0.3) is 0 Å². The maximum Gasteiger partial charge on any atom is 0.573 e. The summed E-state index contributed by atoms with van der Waals surface area (Å²) >= 11 is 0. The second kappa shape index (κ2) is 12.0. The van der Waals surface area contributed by atoms with Crippen LogP contribution in [-0.2, 0) is 31.5 Å². The molecule has 2 bridgehead atoms. The highest BCUT2D eigenvalue weighted by molar-refractivity contribution is 7.92. The van der Waals surface area contributed by atoms with Gasteiger partial charge in [-0.3, -0.25) is 4.90 Å². The van der Waals surface area contributed by atoms with Crippen LogP contribution >= 0.6 is 0 Å². The van der Waals surface area contributed by atoms with Crippen molar-refractivity contribution in [3.63, 3.8) is 0 Å². The van der Waals surface area contributed by atoms with E-state index in [1.807, 2.05) is 60.7 Å². The number of benzene rings is 4.